The molecule has 0 amide bonds. The van der Waals surface area contributed by atoms with Gasteiger partial charge in [-0.05, 0) is 23.8 Å². The Bertz CT molecular complexity index is 783. The van der Waals surface area contributed by atoms with Gasteiger partial charge in [-0.3, -0.25) is 0 Å². The van der Waals surface area contributed by atoms with Crippen molar-refractivity contribution in [3.63, 3.8) is 0 Å². The predicted octanol–water partition coefficient (Wildman–Crippen LogP) is 4.37. The van der Waals surface area contributed by atoms with Crippen LogP contribution in [0, 0.1) is 5.92 Å². The standard InChI is InChI=1S/C24H32BO6/c1-18(24(28-4)22-15-20(26-2)13-14-23(22)27-3)11-12-21(17-31-25-29-5)30-16-19-9-7-6-8-10-19/h6-15,18,21,24H,16-17H2,1-5H3/b12-11+/t18-,21-,24+/m0/s1. The molecule has 167 valence electrons. The molecule has 3 atom stereocenters. The molecule has 6 nitrogen and oxygen atoms in total. The fourth-order valence-corrected chi connectivity index (χ4v) is 3.23. The lowest BCUT2D eigenvalue weighted by Crippen LogP contribution is -2.20. The molecule has 7 heteroatoms. The van der Waals surface area contributed by atoms with Gasteiger partial charge in [0.2, 0.25) is 0 Å². The van der Waals surface area contributed by atoms with Gasteiger partial charge in [-0.25, -0.2) is 0 Å². The molecule has 0 saturated heterocycles. The summed E-state index contributed by atoms with van der Waals surface area (Å²) in [6.07, 6.45) is 3.59. The summed E-state index contributed by atoms with van der Waals surface area (Å²) in [5.74, 6) is 1.55. The van der Waals surface area contributed by atoms with Gasteiger partial charge in [0.05, 0.1) is 39.6 Å². The second-order valence-corrected chi connectivity index (χ2v) is 7.01. The van der Waals surface area contributed by atoms with E-state index in [1.807, 2.05) is 54.6 Å². The molecule has 1 radical (unpaired) electrons. The molecule has 2 aromatic carbocycles. The SMILES string of the molecule is CO[B]OC[C@H](/C=C/[C@H](C)[C@@H](OC)c1cc(OC)ccc1OC)OCc1ccccc1. The molecule has 0 saturated carbocycles. The molecule has 0 bridgehead atoms. The van der Waals surface area contributed by atoms with Crippen LogP contribution in [0.4, 0.5) is 0 Å². The lowest BCUT2D eigenvalue weighted by atomic mass is 9.95. The maximum Gasteiger partial charge on any atom is 0.487 e. The summed E-state index contributed by atoms with van der Waals surface area (Å²) in [6.45, 7) is 2.90. The molecule has 0 heterocycles. The van der Waals surface area contributed by atoms with Crippen molar-refractivity contribution >= 4 is 7.69 Å². The quantitative estimate of drug-likeness (QED) is 0.254. The molecular formula is C24H32BO6. The van der Waals surface area contributed by atoms with Crippen molar-refractivity contribution in [1.82, 2.24) is 0 Å². The number of hydrogen-bond donors (Lipinski definition) is 0. The van der Waals surface area contributed by atoms with E-state index in [0.717, 1.165) is 22.6 Å². The second kappa shape index (κ2) is 13.9. The molecule has 0 N–H and O–H groups in total. The first-order valence-electron chi connectivity index (χ1n) is 10.2. The van der Waals surface area contributed by atoms with E-state index in [0.29, 0.717) is 13.2 Å². The predicted molar refractivity (Wildman–Crippen MR) is 121 cm³/mol. The van der Waals surface area contributed by atoms with Crippen molar-refractivity contribution < 1.29 is 28.3 Å². The molecule has 31 heavy (non-hydrogen) atoms. The smallest absolute Gasteiger partial charge is 0.487 e. The monoisotopic (exact) mass is 427 g/mol. The fraction of sp³-hybridized carbons (Fsp3) is 0.417. The van der Waals surface area contributed by atoms with Crippen LogP contribution in [0.15, 0.2) is 60.7 Å². The van der Waals surface area contributed by atoms with Gasteiger partial charge >= 0.3 is 7.69 Å². The minimum absolute atomic E-state index is 0.0419. The van der Waals surface area contributed by atoms with Crippen molar-refractivity contribution in [2.24, 2.45) is 5.92 Å². The summed E-state index contributed by atoms with van der Waals surface area (Å²) >= 11 is 0. The van der Waals surface area contributed by atoms with Crippen LogP contribution in [0.2, 0.25) is 0 Å². The van der Waals surface area contributed by atoms with Crippen LogP contribution in [-0.2, 0) is 25.4 Å². The van der Waals surface area contributed by atoms with Crippen LogP contribution in [0.25, 0.3) is 0 Å². The maximum absolute atomic E-state index is 6.05. The Kier molecular flexibility index (Phi) is 11.2. The fourth-order valence-electron chi connectivity index (χ4n) is 3.23. The van der Waals surface area contributed by atoms with Crippen LogP contribution in [0.1, 0.15) is 24.2 Å². The molecule has 2 aromatic rings. The van der Waals surface area contributed by atoms with E-state index in [-0.39, 0.29) is 18.1 Å². The zero-order chi connectivity index (χ0) is 22.5. The van der Waals surface area contributed by atoms with E-state index >= 15 is 0 Å². The van der Waals surface area contributed by atoms with Gasteiger partial charge < -0.3 is 28.3 Å². The summed E-state index contributed by atoms with van der Waals surface area (Å²) in [6, 6.07) is 15.7. The summed E-state index contributed by atoms with van der Waals surface area (Å²) in [5, 5.41) is 0. The average molecular weight is 427 g/mol. The number of hydrogen-bond acceptors (Lipinski definition) is 6. The van der Waals surface area contributed by atoms with Gasteiger partial charge in [-0.1, -0.05) is 49.4 Å². The van der Waals surface area contributed by atoms with Crippen LogP contribution in [-0.4, -0.2) is 48.8 Å². The average Bonchev–Trinajstić information content (AvgIpc) is 2.81. The summed E-state index contributed by atoms with van der Waals surface area (Å²) in [5.41, 5.74) is 2.02. The van der Waals surface area contributed by atoms with Crippen molar-refractivity contribution in [2.45, 2.75) is 25.7 Å². The third-order valence-corrected chi connectivity index (χ3v) is 4.84. The summed E-state index contributed by atoms with van der Waals surface area (Å²) in [7, 11) is 7.82. The lowest BCUT2D eigenvalue weighted by Gasteiger charge is -2.24. The highest BCUT2D eigenvalue weighted by Gasteiger charge is 2.22. The summed E-state index contributed by atoms with van der Waals surface area (Å²) in [4.78, 5) is 0. The number of ether oxygens (including phenoxy) is 4. The summed E-state index contributed by atoms with van der Waals surface area (Å²) < 4.78 is 33.1. The Balaban J connectivity index is 2.12. The molecule has 0 aliphatic rings. The largest absolute Gasteiger partial charge is 0.497 e. The van der Waals surface area contributed by atoms with Crippen LogP contribution >= 0.6 is 0 Å². The maximum atomic E-state index is 6.05. The van der Waals surface area contributed by atoms with Gasteiger partial charge in [0.1, 0.15) is 11.5 Å². The Morgan fingerprint density at radius 1 is 0.935 bits per heavy atom. The van der Waals surface area contributed by atoms with E-state index < -0.39 is 0 Å². The first-order chi connectivity index (χ1) is 15.1. The third-order valence-electron chi connectivity index (χ3n) is 4.84. The minimum Gasteiger partial charge on any atom is -0.497 e. The van der Waals surface area contributed by atoms with E-state index in [4.69, 9.17) is 28.3 Å². The normalized spacial score (nSPS) is 14.2. The van der Waals surface area contributed by atoms with Gasteiger partial charge in [-0.2, -0.15) is 0 Å². The Labute approximate surface area is 186 Å². The van der Waals surface area contributed by atoms with Crippen LogP contribution < -0.4 is 9.47 Å². The van der Waals surface area contributed by atoms with Crippen LogP contribution in [0.3, 0.4) is 0 Å². The number of benzene rings is 2. The minimum atomic E-state index is -0.251. The molecular weight excluding hydrogens is 395 g/mol. The number of rotatable bonds is 14. The van der Waals surface area contributed by atoms with Crippen molar-refractivity contribution in [2.75, 3.05) is 35.0 Å². The Morgan fingerprint density at radius 3 is 2.35 bits per heavy atom. The van der Waals surface area contributed by atoms with Crippen molar-refractivity contribution in [3.05, 3.63) is 71.8 Å². The van der Waals surface area contributed by atoms with Crippen molar-refractivity contribution in [1.29, 1.82) is 0 Å². The zero-order valence-electron chi connectivity index (χ0n) is 18.9. The first kappa shape index (κ1) is 24.9. The highest BCUT2D eigenvalue weighted by atomic mass is 16.6. The molecule has 0 fully saturated rings. The van der Waals surface area contributed by atoms with Gasteiger partial charge in [0.15, 0.2) is 0 Å². The molecule has 0 aromatic heterocycles. The highest BCUT2D eigenvalue weighted by Crippen LogP contribution is 2.35. The molecule has 2 rings (SSSR count). The topological polar surface area (TPSA) is 55.4 Å². The Hall–Kier alpha value is -2.32. The van der Waals surface area contributed by atoms with E-state index in [1.165, 1.54) is 7.69 Å². The molecule has 0 unspecified atom stereocenters. The zero-order valence-corrected chi connectivity index (χ0v) is 18.9. The number of methoxy groups -OCH3 is 3. The highest BCUT2D eigenvalue weighted by molar-refractivity contribution is 6.17. The Morgan fingerprint density at radius 2 is 1.71 bits per heavy atom. The second-order valence-electron chi connectivity index (χ2n) is 7.01. The van der Waals surface area contributed by atoms with Gasteiger partial charge in [-0.15, -0.1) is 0 Å². The lowest BCUT2D eigenvalue weighted by molar-refractivity contribution is 0.0339. The van der Waals surface area contributed by atoms with E-state index in [9.17, 15) is 0 Å². The molecule has 0 aliphatic heterocycles. The van der Waals surface area contributed by atoms with Crippen molar-refractivity contribution in [3.8, 4) is 11.5 Å². The molecule has 0 spiro atoms. The van der Waals surface area contributed by atoms with E-state index in [1.54, 1.807) is 28.4 Å². The van der Waals surface area contributed by atoms with Crippen LogP contribution in [0.5, 0.6) is 11.5 Å². The van der Waals surface area contributed by atoms with Gasteiger partial charge in [0.25, 0.3) is 0 Å². The van der Waals surface area contributed by atoms with Gasteiger partial charge in [0, 0.05) is 25.7 Å². The van der Waals surface area contributed by atoms with E-state index in [2.05, 4.69) is 13.0 Å². The molecule has 0 aliphatic carbocycles. The first-order valence-corrected chi connectivity index (χ1v) is 10.2. The third kappa shape index (κ3) is 8.03.